The van der Waals surface area contributed by atoms with E-state index in [0.29, 0.717) is 12.5 Å². The molecule has 0 aromatic carbocycles. The van der Waals surface area contributed by atoms with Crippen LogP contribution in [0, 0.1) is 5.92 Å². The molecule has 0 aromatic rings. The van der Waals surface area contributed by atoms with Crippen molar-refractivity contribution in [2.75, 3.05) is 20.1 Å². The predicted octanol–water partition coefficient (Wildman–Crippen LogP) is 2.67. The zero-order valence-corrected chi connectivity index (χ0v) is 7.90. The van der Waals surface area contributed by atoms with E-state index in [0.717, 1.165) is 6.42 Å². The zero-order chi connectivity index (χ0) is 9.90. The number of nitrogens with zero attached hydrogens (tertiary/aromatic N) is 1. The van der Waals surface area contributed by atoms with Crippen LogP contribution in [-0.2, 0) is 0 Å². The molecule has 1 aliphatic carbocycles. The largest absolute Gasteiger partial charge is 0.401 e. The topological polar surface area (TPSA) is 3.24 Å². The van der Waals surface area contributed by atoms with Gasteiger partial charge in [-0.3, -0.25) is 4.90 Å². The molecule has 4 heteroatoms. The van der Waals surface area contributed by atoms with E-state index >= 15 is 0 Å². The Morgan fingerprint density at radius 2 is 1.92 bits per heavy atom. The maximum absolute atomic E-state index is 11.9. The Balaban J connectivity index is 2.06. The monoisotopic (exact) mass is 195 g/mol. The normalized spacial score (nSPS) is 19.2. The number of hydrogen-bond donors (Lipinski definition) is 0. The van der Waals surface area contributed by atoms with Crippen LogP contribution in [-0.4, -0.2) is 31.2 Å². The molecule has 0 bridgehead atoms. The first-order chi connectivity index (χ1) is 5.97. The van der Waals surface area contributed by atoms with Crippen molar-refractivity contribution in [3.05, 3.63) is 0 Å². The number of halogens is 3. The Morgan fingerprint density at radius 3 is 2.31 bits per heavy atom. The minimum Gasteiger partial charge on any atom is -0.298 e. The first-order valence-corrected chi connectivity index (χ1v) is 4.72. The van der Waals surface area contributed by atoms with Gasteiger partial charge < -0.3 is 0 Å². The van der Waals surface area contributed by atoms with Crippen LogP contribution in [0.4, 0.5) is 13.2 Å². The van der Waals surface area contributed by atoms with Crippen molar-refractivity contribution >= 4 is 0 Å². The molecular formula is C9H16F3N. The molecule has 0 atom stereocenters. The van der Waals surface area contributed by atoms with Crippen LogP contribution < -0.4 is 0 Å². The second-order valence-electron chi connectivity index (χ2n) is 3.94. The highest BCUT2D eigenvalue weighted by atomic mass is 19.4. The van der Waals surface area contributed by atoms with Crippen LogP contribution in [0.15, 0.2) is 0 Å². The maximum atomic E-state index is 11.9. The summed E-state index contributed by atoms with van der Waals surface area (Å²) in [5.74, 6) is 0.690. The second kappa shape index (κ2) is 4.31. The van der Waals surface area contributed by atoms with Crippen LogP contribution in [0.3, 0.4) is 0 Å². The third kappa shape index (κ3) is 4.50. The molecule has 0 N–H and O–H groups in total. The van der Waals surface area contributed by atoms with Crippen LogP contribution in [0.2, 0.25) is 0 Å². The zero-order valence-electron chi connectivity index (χ0n) is 7.90. The summed E-state index contributed by atoms with van der Waals surface area (Å²) in [5, 5.41) is 0. The van der Waals surface area contributed by atoms with Crippen molar-refractivity contribution in [2.24, 2.45) is 5.92 Å². The first kappa shape index (κ1) is 10.8. The van der Waals surface area contributed by atoms with Crippen molar-refractivity contribution < 1.29 is 13.2 Å². The van der Waals surface area contributed by atoms with E-state index in [4.69, 9.17) is 0 Å². The first-order valence-electron chi connectivity index (χ1n) is 4.72. The fourth-order valence-corrected chi connectivity index (χ4v) is 1.57. The van der Waals surface area contributed by atoms with Crippen LogP contribution in [0.5, 0.6) is 0 Å². The highest BCUT2D eigenvalue weighted by Crippen LogP contribution is 2.29. The Hall–Kier alpha value is -0.250. The van der Waals surface area contributed by atoms with Crippen LogP contribution >= 0.6 is 0 Å². The molecule has 0 saturated heterocycles. The van der Waals surface area contributed by atoms with Gasteiger partial charge in [0, 0.05) is 0 Å². The Labute approximate surface area is 76.9 Å². The summed E-state index contributed by atoms with van der Waals surface area (Å²) in [6.45, 7) is -0.204. The summed E-state index contributed by atoms with van der Waals surface area (Å²) in [4.78, 5) is 1.36. The van der Waals surface area contributed by atoms with E-state index in [1.165, 1.54) is 31.2 Å². The van der Waals surface area contributed by atoms with Crippen molar-refractivity contribution in [3.8, 4) is 0 Å². The lowest BCUT2D eigenvalue weighted by molar-refractivity contribution is -0.143. The van der Waals surface area contributed by atoms with Gasteiger partial charge in [-0.1, -0.05) is 19.3 Å². The summed E-state index contributed by atoms with van der Waals surface area (Å²) < 4.78 is 35.7. The van der Waals surface area contributed by atoms with Gasteiger partial charge in [-0.15, -0.1) is 0 Å². The molecule has 1 nitrogen and oxygen atoms in total. The molecule has 0 spiro atoms. The quantitative estimate of drug-likeness (QED) is 0.666. The Bertz CT molecular complexity index is 151. The van der Waals surface area contributed by atoms with Crippen molar-refractivity contribution in [1.82, 2.24) is 4.90 Å². The summed E-state index contributed by atoms with van der Waals surface area (Å²) in [6, 6.07) is 0. The minimum atomic E-state index is -4.05. The Kier molecular flexibility index (Phi) is 3.59. The summed E-state index contributed by atoms with van der Waals surface area (Å²) in [6.07, 6.45) is 0.550. The molecule has 1 rings (SSSR count). The van der Waals surface area contributed by atoms with E-state index in [9.17, 15) is 13.2 Å². The van der Waals surface area contributed by atoms with Gasteiger partial charge in [0.1, 0.15) is 0 Å². The van der Waals surface area contributed by atoms with E-state index in [2.05, 4.69) is 0 Å². The van der Waals surface area contributed by atoms with Gasteiger partial charge >= 0.3 is 6.18 Å². The van der Waals surface area contributed by atoms with Gasteiger partial charge in [0.25, 0.3) is 0 Å². The van der Waals surface area contributed by atoms with Crippen LogP contribution in [0.1, 0.15) is 25.7 Å². The molecule has 0 radical (unpaired) electrons. The molecule has 13 heavy (non-hydrogen) atoms. The predicted molar refractivity (Wildman–Crippen MR) is 45.5 cm³/mol. The second-order valence-corrected chi connectivity index (χ2v) is 3.94. The molecule has 0 aromatic heterocycles. The lowest BCUT2D eigenvalue weighted by Gasteiger charge is -2.27. The van der Waals surface area contributed by atoms with Gasteiger partial charge in [-0.2, -0.15) is 13.2 Å². The molecule has 0 unspecified atom stereocenters. The minimum absolute atomic E-state index is 0.574. The molecule has 0 aliphatic heterocycles. The summed E-state index contributed by atoms with van der Waals surface area (Å²) in [5.41, 5.74) is 0. The molecule has 1 saturated carbocycles. The Morgan fingerprint density at radius 1 is 1.31 bits per heavy atom. The van der Waals surface area contributed by atoms with E-state index in [-0.39, 0.29) is 0 Å². The molecular weight excluding hydrogens is 179 g/mol. The lowest BCUT2D eigenvalue weighted by atomic mass is 9.83. The molecule has 0 heterocycles. The average molecular weight is 195 g/mol. The fourth-order valence-electron chi connectivity index (χ4n) is 1.57. The molecule has 1 aliphatic rings. The number of alkyl halides is 3. The molecule has 1 fully saturated rings. The van der Waals surface area contributed by atoms with Crippen molar-refractivity contribution in [3.63, 3.8) is 0 Å². The average Bonchev–Trinajstić information content (AvgIpc) is 1.78. The third-order valence-electron chi connectivity index (χ3n) is 2.59. The molecule has 0 amide bonds. The van der Waals surface area contributed by atoms with E-state index in [1.807, 2.05) is 0 Å². The third-order valence-corrected chi connectivity index (χ3v) is 2.59. The number of hydrogen-bond acceptors (Lipinski definition) is 1. The van der Waals surface area contributed by atoms with E-state index in [1.54, 1.807) is 0 Å². The van der Waals surface area contributed by atoms with Gasteiger partial charge in [-0.05, 0) is 25.9 Å². The lowest BCUT2D eigenvalue weighted by Crippen LogP contribution is -2.33. The highest BCUT2D eigenvalue weighted by molar-refractivity contribution is 4.71. The standard InChI is InChI=1S/C9H16F3N/c1-13(7-9(10,11)12)6-5-8-3-2-4-8/h8H,2-7H2,1H3. The summed E-state index contributed by atoms with van der Waals surface area (Å²) >= 11 is 0. The van der Waals surface area contributed by atoms with Crippen molar-refractivity contribution in [2.45, 2.75) is 31.9 Å². The van der Waals surface area contributed by atoms with Crippen molar-refractivity contribution in [1.29, 1.82) is 0 Å². The summed E-state index contributed by atoms with van der Waals surface area (Å²) in [7, 11) is 1.53. The fraction of sp³-hybridized carbons (Fsp3) is 1.00. The maximum Gasteiger partial charge on any atom is 0.401 e. The number of rotatable bonds is 4. The SMILES string of the molecule is CN(CCC1CCC1)CC(F)(F)F. The van der Waals surface area contributed by atoms with Gasteiger partial charge in [-0.25, -0.2) is 0 Å². The molecule has 78 valence electrons. The van der Waals surface area contributed by atoms with Gasteiger partial charge in [0.2, 0.25) is 0 Å². The van der Waals surface area contributed by atoms with E-state index < -0.39 is 12.7 Å². The smallest absolute Gasteiger partial charge is 0.298 e. The van der Waals surface area contributed by atoms with Gasteiger partial charge in [0.15, 0.2) is 0 Å². The highest BCUT2D eigenvalue weighted by Gasteiger charge is 2.29. The van der Waals surface area contributed by atoms with Gasteiger partial charge in [0.05, 0.1) is 6.54 Å². The van der Waals surface area contributed by atoms with Crippen LogP contribution in [0.25, 0.3) is 0 Å².